The van der Waals surface area contributed by atoms with Crippen molar-refractivity contribution in [3.05, 3.63) is 44.9 Å². The molecular formula is C17H25BrN2. The van der Waals surface area contributed by atoms with Crippen molar-refractivity contribution in [3.8, 4) is 0 Å². The molecule has 20 heavy (non-hydrogen) atoms. The molecule has 0 aromatic heterocycles. The summed E-state index contributed by atoms with van der Waals surface area (Å²) in [5, 5.41) is 0. The lowest BCUT2D eigenvalue weighted by Gasteiger charge is -2.23. The molecule has 0 heterocycles. The first kappa shape index (κ1) is 15.7. The summed E-state index contributed by atoms with van der Waals surface area (Å²) in [5.74, 6) is 5.86. The van der Waals surface area contributed by atoms with Crippen LogP contribution in [0.2, 0.25) is 0 Å². The Morgan fingerprint density at radius 2 is 1.75 bits per heavy atom. The van der Waals surface area contributed by atoms with Crippen LogP contribution in [0.25, 0.3) is 0 Å². The average molecular weight is 337 g/mol. The smallest absolute Gasteiger partial charge is 0.0670 e. The molecule has 0 radical (unpaired) electrons. The fourth-order valence-corrected chi connectivity index (χ4v) is 3.27. The van der Waals surface area contributed by atoms with Gasteiger partial charge in [-0.15, -0.1) is 0 Å². The third-order valence-electron chi connectivity index (χ3n) is 4.16. The van der Waals surface area contributed by atoms with Gasteiger partial charge in [-0.2, -0.15) is 0 Å². The van der Waals surface area contributed by atoms with Crippen LogP contribution >= 0.6 is 15.9 Å². The molecule has 1 aliphatic rings. The SMILES string of the molecule is Cc1cc(C(NN)/C2=C/CCCCCC2)cc(C)c1Br. The minimum atomic E-state index is 0.151. The van der Waals surface area contributed by atoms with Gasteiger partial charge in [0.05, 0.1) is 6.04 Å². The molecule has 3 heteroatoms. The summed E-state index contributed by atoms with van der Waals surface area (Å²) in [4.78, 5) is 0. The van der Waals surface area contributed by atoms with E-state index in [4.69, 9.17) is 5.84 Å². The monoisotopic (exact) mass is 336 g/mol. The Bertz CT molecular complexity index is 471. The number of hydrogen-bond acceptors (Lipinski definition) is 2. The maximum Gasteiger partial charge on any atom is 0.0670 e. The molecule has 1 unspecified atom stereocenters. The second-order valence-electron chi connectivity index (χ2n) is 5.80. The van der Waals surface area contributed by atoms with E-state index in [0.29, 0.717) is 0 Å². The number of rotatable bonds is 3. The van der Waals surface area contributed by atoms with E-state index >= 15 is 0 Å². The van der Waals surface area contributed by atoms with Gasteiger partial charge >= 0.3 is 0 Å². The average Bonchev–Trinajstić information content (AvgIpc) is 2.38. The third kappa shape index (κ3) is 3.72. The van der Waals surface area contributed by atoms with Crippen LogP contribution < -0.4 is 11.3 Å². The molecule has 2 nitrogen and oxygen atoms in total. The molecule has 1 atom stereocenters. The van der Waals surface area contributed by atoms with E-state index < -0.39 is 0 Å². The Labute approximate surface area is 130 Å². The minimum Gasteiger partial charge on any atom is -0.271 e. The Kier molecular flexibility index (Phi) is 5.82. The van der Waals surface area contributed by atoms with Gasteiger partial charge in [0.2, 0.25) is 0 Å². The fourth-order valence-electron chi connectivity index (χ4n) is 3.04. The van der Waals surface area contributed by atoms with Gasteiger partial charge in [-0.3, -0.25) is 5.84 Å². The summed E-state index contributed by atoms with van der Waals surface area (Å²) in [6.45, 7) is 4.28. The van der Waals surface area contributed by atoms with Gasteiger partial charge in [-0.1, -0.05) is 52.6 Å². The number of nitrogens with two attached hydrogens (primary N) is 1. The summed E-state index contributed by atoms with van der Waals surface area (Å²) in [7, 11) is 0. The van der Waals surface area contributed by atoms with E-state index in [2.05, 4.69) is 53.4 Å². The van der Waals surface area contributed by atoms with Crippen LogP contribution in [0.5, 0.6) is 0 Å². The molecule has 0 saturated carbocycles. The zero-order chi connectivity index (χ0) is 14.5. The molecule has 0 amide bonds. The van der Waals surface area contributed by atoms with E-state index in [1.807, 2.05) is 0 Å². The summed E-state index contributed by atoms with van der Waals surface area (Å²) in [6, 6.07) is 4.63. The summed E-state index contributed by atoms with van der Waals surface area (Å²) >= 11 is 3.64. The molecule has 1 aliphatic carbocycles. The number of hydrazine groups is 1. The predicted molar refractivity (Wildman–Crippen MR) is 89.5 cm³/mol. The van der Waals surface area contributed by atoms with Crippen molar-refractivity contribution in [2.24, 2.45) is 5.84 Å². The third-order valence-corrected chi connectivity index (χ3v) is 5.41. The molecule has 0 spiro atoms. The van der Waals surface area contributed by atoms with E-state index in [-0.39, 0.29) is 6.04 Å². The highest BCUT2D eigenvalue weighted by atomic mass is 79.9. The molecule has 1 aromatic rings. The maximum absolute atomic E-state index is 5.86. The van der Waals surface area contributed by atoms with Crippen molar-refractivity contribution in [2.75, 3.05) is 0 Å². The van der Waals surface area contributed by atoms with Crippen molar-refractivity contribution in [2.45, 2.75) is 58.4 Å². The van der Waals surface area contributed by atoms with Crippen LogP contribution in [0.4, 0.5) is 0 Å². The number of aryl methyl sites for hydroxylation is 2. The van der Waals surface area contributed by atoms with Gasteiger partial charge in [-0.25, -0.2) is 5.43 Å². The number of hydrogen-bond donors (Lipinski definition) is 2. The Hall–Kier alpha value is -0.640. The predicted octanol–water partition coefficient (Wildman–Crippen LogP) is 4.85. The first-order chi connectivity index (χ1) is 9.63. The van der Waals surface area contributed by atoms with Crippen molar-refractivity contribution in [3.63, 3.8) is 0 Å². The van der Waals surface area contributed by atoms with Crippen LogP contribution in [0, 0.1) is 13.8 Å². The van der Waals surface area contributed by atoms with Gasteiger partial charge in [0.1, 0.15) is 0 Å². The van der Waals surface area contributed by atoms with Crippen LogP contribution in [0.1, 0.15) is 61.3 Å². The zero-order valence-electron chi connectivity index (χ0n) is 12.5. The van der Waals surface area contributed by atoms with Crippen molar-refractivity contribution >= 4 is 15.9 Å². The summed E-state index contributed by atoms with van der Waals surface area (Å²) in [5.41, 5.74) is 8.29. The molecule has 0 aliphatic heterocycles. The van der Waals surface area contributed by atoms with Gasteiger partial charge in [0, 0.05) is 4.47 Å². The zero-order valence-corrected chi connectivity index (χ0v) is 14.1. The first-order valence-electron chi connectivity index (χ1n) is 7.55. The Morgan fingerprint density at radius 3 is 2.40 bits per heavy atom. The van der Waals surface area contributed by atoms with Gasteiger partial charge in [-0.05, 0) is 56.2 Å². The van der Waals surface area contributed by atoms with E-state index in [1.54, 1.807) is 0 Å². The molecule has 0 bridgehead atoms. The van der Waals surface area contributed by atoms with Crippen LogP contribution in [0.3, 0.4) is 0 Å². The Morgan fingerprint density at radius 1 is 1.10 bits per heavy atom. The molecule has 2 rings (SSSR count). The standard InChI is InChI=1S/C17H25BrN2/c1-12-10-15(11-13(2)16(12)18)17(20-19)14-8-6-4-3-5-7-9-14/h8,10-11,17,20H,3-7,9,19H2,1-2H3/b14-8+. The molecule has 0 saturated heterocycles. The molecule has 110 valence electrons. The number of benzene rings is 1. The Balaban J connectivity index is 2.31. The van der Waals surface area contributed by atoms with Crippen LogP contribution in [-0.4, -0.2) is 0 Å². The quantitative estimate of drug-likeness (QED) is 0.470. The lowest BCUT2D eigenvalue weighted by molar-refractivity contribution is 0.555. The largest absolute Gasteiger partial charge is 0.271 e. The molecular weight excluding hydrogens is 312 g/mol. The summed E-state index contributed by atoms with van der Waals surface area (Å²) in [6.07, 6.45) is 10.0. The highest BCUT2D eigenvalue weighted by molar-refractivity contribution is 9.10. The van der Waals surface area contributed by atoms with Gasteiger partial charge in [0.15, 0.2) is 0 Å². The number of allylic oxidation sites excluding steroid dienone is 1. The van der Waals surface area contributed by atoms with Crippen LogP contribution in [0.15, 0.2) is 28.3 Å². The van der Waals surface area contributed by atoms with E-state index in [9.17, 15) is 0 Å². The number of halogens is 1. The van der Waals surface area contributed by atoms with Crippen molar-refractivity contribution in [1.29, 1.82) is 0 Å². The normalized spacial score (nSPS) is 20.7. The fraction of sp³-hybridized carbons (Fsp3) is 0.529. The lowest BCUT2D eigenvalue weighted by Crippen LogP contribution is -2.30. The van der Waals surface area contributed by atoms with Gasteiger partial charge in [0.25, 0.3) is 0 Å². The molecule has 0 fully saturated rings. The van der Waals surface area contributed by atoms with Crippen LogP contribution in [-0.2, 0) is 0 Å². The molecule has 3 N–H and O–H groups in total. The second-order valence-corrected chi connectivity index (χ2v) is 6.59. The number of nitrogens with one attached hydrogen (secondary N) is 1. The minimum absolute atomic E-state index is 0.151. The van der Waals surface area contributed by atoms with Crippen molar-refractivity contribution in [1.82, 2.24) is 5.43 Å². The highest BCUT2D eigenvalue weighted by Crippen LogP contribution is 2.31. The van der Waals surface area contributed by atoms with Crippen molar-refractivity contribution < 1.29 is 0 Å². The van der Waals surface area contributed by atoms with E-state index in [1.165, 1.54) is 58.8 Å². The second kappa shape index (κ2) is 7.39. The highest BCUT2D eigenvalue weighted by Gasteiger charge is 2.17. The van der Waals surface area contributed by atoms with E-state index in [0.717, 1.165) is 6.42 Å². The van der Waals surface area contributed by atoms with Gasteiger partial charge < -0.3 is 0 Å². The molecule has 1 aromatic carbocycles. The lowest BCUT2D eigenvalue weighted by atomic mass is 9.90. The summed E-state index contributed by atoms with van der Waals surface area (Å²) < 4.78 is 1.20. The first-order valence-corrected chi connectivity index (χ1v) is 8.34. The topological polar surface area (TPSA) is 38.0 Å². The maximum atomic E-state index is 5.86.